The maximum Gasteiger partial charge on any atom is 0.139 e. The predicted molar refractivity (Wildman–Crippen MR) is 95.1 cm³/mol. The van der Waals surface area contributed by atoms with Crippen LogP contribution in [-0.4, -0.2) is 7.85 Å². The van der Waals surface area contributed by atoms with Crippen molar-refractivity contribution in [2.24, 2.45) is 0 Å². The lowest BCUT2D eigenvalue weighted by molar-refractivity contribution is 1.65. The Hall–Kier alpha value is -2.54. The monoisotopic (exact) mass is 266 g/mol. The zero-order valence-corrected chi connectivity index (χ0v) is 12.0. The highest BCUT2D eigenvalue weighted by molar-refractivity contribution is 6.33. The molecule has 0 radical (unpaired) electrons. The van der Waals surface area contributed by atoms with Gasteiger partial charge >= 0.3 is 0 Å². The van der Waals surface area contributed by atoms with Gasteiger partial charge in [0.2, 0.25) is 0 Å². The lowest BCUT2D eigenvalue weighted by atomic mass is 9.91. The topological polar surface area (TPSA) is 0 Å². The number of hydrogen-bond donors (Lipinski definition) is 0. The number of benzene rings is 4. The van der Waals surface area contributed by atoms with Crippen LogP contribution in [0.3, 0.4) is 0 Å². The Morgan fingerprint density at radius 2 is 1.19 bits per heavy atom. The molecule has 4 rings (SSSR count). The lowest BCUT2D eigenvalue weighted by Crippen LogP contribution is -1.99. The van der Waals surface area contributed by atoms with E-state index < -0.39 is 0 Å². The molecule has 4 aromatic rings. The molecular weight excluding hydrogens is 251 g/mol. The van der Waals surface area contributed by atoms with Crippen LogP contribution < -0.4 is 5.46 Å². The molecule has 0 aliphatic rings. The SMILES string of the molecule is Bc1ccc2c(ccc3cc(-c4ccccc4)ccc32)c1. The van der Waals surface area contributed by atoms with Crippen molar-refractivity contribution in [3.63, 3.8) is 0 Å². The van der Waals surface area contributed by atoms with Gasteiger partial charge in [0.1, 0.15) is 7.85 Å². The Morgan fingerprint density at radius 3 is 1.95 bits per heavy atom. The van der Waals surface area contributed by atoms with Crippen LogP contribution in [0.4, 0.5) is 0 Å². The Kier molecular flexibility index (Phi) is 2.78. The van der Waals surface area contributed by atoms with Crippen molar-refractivity contribution in [2.75, 3.05) is 0 Å². The molecule has 0 saturated carbocycles. The number of fused-ring (bicyclic) bond motifs is 3. The van der Waals surface area contributed by atoms with Gasteiger partial charge in [0.25, 0.3) is 0 Å². The highest BCUT2D eigenvalue weighted by Crippen LogP contribution is 2.29. The molecule has 0 atom stereocenters. The van der Waals surface area contributed by atoms with Gasteiger partial charge in [-0.25, -0.2) is 0 Å². The number of rotatable bonds is 1. The molecule has 21 heavy (non-hydrogen) atoms. The average molecular weight is 266 g/mol. The van der Waals surface area contributed by atoms with Crippen molar-refractivity contribution in [3.8, 4) is 11.1 Å². The van der Waals surface area contributed by atoms with Crippen molar-refractivity contribution in [1.29, 1.82) is 0 Å². The largest absolute Gasteiger partial charge is 0.139 e. The molecule has 0 spiro atoms. The summed E-state index contributed by atoms with van der Waals surface area (Å²) in [5.74, 6) is 0. The van der Waals surface area contributed by atoms with Crippen LogP contribution >= 0.6 is 0 Å². The van der Waals surface area contributed by atoms with Crippen molar-refractivity contribution in [1.82, 2.24) is 0 Å². The first-order valence-corrected chi connectivity index (χ1v) is 7.30. The normalized spacial score (nSPS) is 11.0. The van der Waals surface area contributed by atoms with Gasteiger partial charge in [0, 0.05) is 0 Å². The molecule has 0 aliphatic heterocycles. The lowest BCUT2D eigenvalue weighted by Gasteiger charge is -2.08. The van der Waals surface area contributed by atoms with Crippen LogP contribution in [0, 0.1) is 0 Å². The maximum atomic E-state index is 2.28. The second kappa shape index (κ2) is 4.78. The van der Waals surface area contributed by atoms with E-state index in [9.17, 15) is 0 Å². The van der Waals surface area contributed by atoms with Crippen LogP contribution in [-0.2, 0) is 0 Å². The first-order valence-electron chi connectivity index (χ1n) is 7.30. The molecule has 0 aromatic heterocycles. The average Bonchev–Trinajstić information content (AvgIpc) is 2.54. The van der Waals surface area contributed by atoms with Gasteiger partial charge in [-0.05, 0) is 38.7 Å². The molecule has 98 valence electrons. The van der Waals surface area contributed by atoms with Crippen molar-refractivity contribution < 1.29 is 0 Å². The fourth-order valence-corrected chi connectivity index (χ4v) is 3.00. The van der Waals surface area contributed by atoms with E-state index >= 15 is 0 Å². The Balaban J connectivity index is 1.97. The summed E-state index contributed by atoms with van der Waals surface area (Å²) in [6, 6.07) is 28.4. The number of hydrogen-bond acceptors (Lipinski definition) is 0. The fourth-order valence-electron chi connectivity index (χ4n) is 3.00. The molecule has 0 aliphatic carbocycles. The molecule has 0 fully saturated rings. The summed E-state index contributed by atoms with van der Waals surface area (Å²) in [5, 5.41) is 5.27. The van der Waals surface area contributed by atoms with E-state index in [1.807, 2.05) is 0 Å². The van der Waals surface area contributed by atoms with Gasteiger partial charge < -0.3 is 0 Å². The quantitative estimate of drug-likeness (QED) is 0.362. The second-order valence-corrected chi connectivity index (χ2v) is 5.59. The third kappa shape index (κ3) is 2.11. The maximum absolute atomic E-state index is 2.28. The fraction of sp³-hybridized carbons (Fsp3) is 0. The zero-order valence-electron chi connectivity index (χ0n) is 12.0. The third-order valence-electron chi connectivity index (χ3n) is 4.10. The summed E-state index contributed by atoms with van der Waals surface area (Å²) in [6.07, 6.45) is 0. The molecule has 0 bridgehead atoms. The van der Waals surface area contributed by atoms with Crippen molar-refractivity contribution in [2.45, 2.75) is 0 Å². The summed E-state index contributed by atoms with van der Waals surface area (Å²) in [7, 11) is 2.14. The van der Waals surface area contributed by atoms with Crippen LogP contribution in [0.15, 0.2) is 78.9 Å². The molecule has 0 heterocycles. The van der Waals surface area contributed by atoms with E-state index in [0.717, 1.165) is 0 Å². The predicted octanol–water partition coefficient (Wildman–Crippen LogP) is 3.92. The summed E-state index contributed by atoms with van der Waals surface area (Å²) in [4.78, 5) is 0. The second-order valence-electron chi connectivity index (χ2n) is 5.59. The van der Waals surface area contributed by atoms with E-state index in [-0.39, 0.29) is 0 Å². The summed E-state index contributed by atoms with van der Waals surface area (Å²) < 4.78 is 0. The Morgan fingerprint density at radius 1 is 0.524 bits per heavy atom. The molecular formula is C20H15B. The minimum atomic E-state index is 1.27. The van der Waals surface area contributed by atoms with Crippen LogP contribution in [0.2, 0.25) is 0 Å². The molecule has 0 amide bonds. The third-order valence-corrected chi connectivity index (χ3v) is 4.10. The van der Waals surface area contributed by atoms with E-state index in [0.29, 0.717) is 0 Å². The molecule has 0 nitrogen and oxygen atoms in total. The van der Waals surface area contributed by atoms with E-state index in [1.165, 1.54) is 38.1 Å². The first-order chi connectivity index (χ1) is 10.3. The van der Waals surface area contributed by atoms with Crippen molar-refractivity contribution >= 4 is 34.9 Å². The highest BCUT2D eigenvalue weighted by Gasteiger charge is 2.03. The molecule has 1 heteroatoms. The molecule has 0 unspecified atom stereocenters. The summed E-state index contributed by atoms with van der Waals surface area (Å²) in [6.45, 7) is 0. The highest BCUT2D eigenvalue weighted by atomic mass is 14.1. The summed E-state index contributed by atoms with van der Waals surface area (Å²) in [5.41, 5.74) is 3.85. The van der Waals surface area contributed by atoms with E-state index in [4.69, 9.17) is 0 Å². The van der Waals surface area contributed by atoms with Gasteiger partial charge in [0.05, 0.1) is 0 Å². The van der Waals surface area contributed by atoms with Crippen LogP contribution in [0.1, 0.15) is 0 Å². The van der Waals surface area contributed by atoms with Crippen molar-refractivity contribution in [3.05, 3.63) is 78.9 Å². The Labute approximate surface area is 125 Å². The van der Waals surface area contributed by atoms with E-state index in [2.05, 4.69) is 86.7 Å². The van der Waals surface area contributed by atoms with Gasteiger partial charge in [-0.3, -0.25) is 0 Å². The molecule has 4 aromatic carbocycles. The first kappa shape index (κ1) is 12.2. The smallest absolute Gasteiger partial charge is 0.0883 e. The van der Waals surface area contributed by atoms with Gasteiger partial charge in [-0.2, -0.15) is 0 Å². The van der Waals surface area contributed by atoms with Gasteiger partial charge in [-0.15, -0.1) is 0 Å². The van der Waals surface area contributed by atoms with Crippen LogP contribution in [0.5, 0.6) is 0 Å². The molecule has 0 saturated heterocycles. The minimum absolute atomic E-state index is 1.27. The standard InChI is InChI=1S/C20H15B/c21-18-9-11-20-17(13-18)7-6-16-12-15(8-10-19(16)20)14-4-2-1-3-5-14/h1-13H,21H2. The zero-order chi connectivity index (χ0) is 14.2. The van der Waals surface area contributed by atoms with Gasteiger partial charge in [0.15, 0.2) is 0 Å². The van der Waals surface area contributed by atoms with E-state index in [1.54, 1.807) is 0 Å². The van der Waals surface area contributed by atoms with Gasteiger partial charge in [-0.1, -0.05) is 78.3 Å². The minimum Gasteiger partial charge on any atom is -0.0883 e. The summed E-state index contributed by atoms with van der Waals surface area (Å²) >= 11 is 0. The Bertz CT molecular complexity index is 940. The molecule has 0 N–H and O–H groups in total. The van der Waals surface area contributed by atoms with Crippen LogP contribution in [0.25, 0.3) is 32.7 Å².